The summed E-state index contributed by atoms with van der Waals surface area (Å²) < 4.78 is 0. The van der Waals surface area contributed by atoms with Crippen LogP contribution in [-0.4, -0.2) is 56.9 Å². The second kappa shape index (κ2) is 7.76. The molecule has 126 valence electrons. The van der Waals surface area contributed by atoms with Crippen molar-refractivity contribution in [2.45, 2.75) is 12.8 Å². The molecule has 3 rings (SSSR count). The van der Waals surface area contributed by atoms with Gasteiger partial charge in [-0.15, -0.1) is 11.3 Å². The van der Waals surface area contributed by atoms with Gasteiger partial charge in [0.15, 0.2) is 0 Å². The lowest BCUT2D eigenvalue weighted by molar-refractivity contribution is -0.140. The van der Waals surface area contributed by atoms with E-state index in [0.717, 1.165) is 22.7 Å². The average molecular weight is 362 g/mol. The predicted octanol–water partition coefficient (Wildman–Crippen LogP) is 2.55. The number of amides is 2. The molecule has 2 amide bonds. The number of thiazole rings is 1. The Kier molecular flexibility index (Phi) is 5.47. The average Bonchev–Trinajstić information content (AvgIpc) is 3.29. The fraction of sp³-hybridized carbons (Fsp3) is 0.375. The number of thioether (sulfide) groups is 1. The van der Waals surface area contributed by atoms with Crippen LogP contribution in [-0.2, 0) is 4.79 Å². The second-order valence-corrected chi connectivity index (χ2v) is 7.16. The minimum absolute atomic E-state index is 0.00193. The minimum atomic E-state index is -0.212. The van der Waals surface area contributed by atoms with Gasteiger partial charge in [0.25, 0.3) is 5.91 Å². The first-order valence-corrected chi connectivity index (χ1v) is 9.95. The van der Waals surface area contributed by atoms with Gasteiger partial charge in [-0.3, -0.25) is 19.6 Å². The van der Waals surface area contributed by atoms with E-state index in [9.17, 15) is 9.59 Å². The Morgan fingerprint density at radius 1 is 1.33 bits per heavy atom. The summed E-state index contributed by atoms with van der Waals surface area (Å²) in [6, 6.07) is 3.75. The van der Waals surface area contributed by atoms with Gasteiger partial charge in [0, 0.05) is 48.6 Å². The van der Waals surface area contributed by atoms with E-state index in [1.807, 2.05) is 18.4 Å². The molecule has 0 N–H and O–H groups in total. The molecule has 0 unspecified atom stereocenters. The van der Waals surface area contributed by atoms with Gasteiger partial charge in [0.2, 0.25) is 5.91 Å². The molecule has 6 nitrogen and oxygen atoms in total. The molecule has 24 heavy (non-hydrogen) atoms. The third-order valence-electron chi connectivity index (χ3n) is 3.71. The van der Waals surface area contributed by atoms with Gasteiger partial charge in [-0.2, -0.15) is 11.8 Å². The van der Waals surface area contributed by atoms with Gasteiger partial charge in [0.1, 0.15) is 10.7 Å². The summed E-state index contributed by atoms with van der Waals surface area (Å²) in [5, 5.41) is 5.60. The normalized spacial score (nSPS) is 14.2. The van der Waals surface area contributed by atoms with Crippen LogP contribution in [0.15, 0.2) is 29.9 Å². The molecule has 8 heteroatoms. The Hall–Kier alpha value is -1.93. The van der Waals surface area contributed by atoms with Crippen molar-refractivity contribution in [1.29, 1.82) is 0 Å². The molecule has 1 fully saturated rings. The smallest absolute Gasteiger partial charge is 0.273 e. The summed E-state index contributed by atoms with van der Waals surface area (Å²) in [7, 11) is 0. The van der Waals surface area contributed by atoms with Crippen molar-refractivity contribution in [2.75, 3.05) is 25.1 Å². The highest BCUT2D eigenvalue weighted by Crippen LogP contribution is 2.24. The maximum Gasteiger partial charge on any atom is 0.291 e. The van der Waals surface area contributed by atoms with Crippen molar-refractivity contribution in [1.82, 2.24) is 20.0 Å². The van der Waals surface area contributed by atoms with Crippen LogP contribution in [0.2, 0.25) is 0 Å². The zero-order chi connectivity index (χ0) is 16.9. The molecule has 0 atom stereocenters. The van der Waals surface area contributed by atoms with Crippen LogP contribution in [0.1, 0.15) is 23.3 Å². The lowest BCUT2D eigenvalue weighted by Crippen LogP contribution is -2.45. The molecule has 0 aromatic carbocycles. The van der Waals surface area contributed by atoms with Crippen LogP contribution in [0.4, 0.5) is 0 Å². The number of hydrogen-bond donors (Lipinski definition) is 0. The number of pyridine rings is 1. The summed E-state index contributed by atoms with van der Waals surface area (Å²) in [6.45, 7) is 1.15. The van der Waals surface area contributed by atoms with E-state index in [1.165, 1.54) is 16.3 Å². The zero-order valence-electron chi connectivity index (χ0n) is 13.3. The van der Waals surface area contributed by atoms with Crippen molar-refractivity contribution in [3.05, 3.63) is 35.6 Å². The number of aromatic nitrogens is 2. The number of hydrogen-bond acceptors (Lipinski definition) is 6. The predicted molar refractivity (Wildman–Crippen MR) is 95.7 cm³/mol. The van der Waals surface area contributed by atoms with Gasteiger partial charge < -0.3 is 0 Å². The molecule has 1 aliphatic rings. The highest BCUT2D eigenvalue weighted by Gasteiger charge is 2.32. The molecule has 0 spiro atoms. The molecule has 0 bridgehead atoms. The van der Waals surface area contributed by atoms with E-state index in [4.69, 9.17) is 0 Å². The highest BCUT2D eigenvalue weighted by atomic mass is 32.2. The lowest BCUT2D eigenvalue weighted by Gasteiger charge is -2.27. The van der Waals surface area contributed by atoms with Gasteiger partial charge >= 0.3 is 0 Å². The van der Waals surface area contributed by atoms with Crippen LogP contribution < -0.4 is 0 Å². The number of carbonyl (C=O) groups excluding carboxylic acids is 2. The van der Waals surface area contributed by atoms with Crippen LogP contribution in [0.25, 0.3) is 10.6 Å². The van der Waals surface area contributed by atoms with E-state index < -0.39 is 0 Å². The van der Waals surface area contributed by atoms with Crippen molar-refractivity contribution in [3.63, 3.8) is 0 Å². The maximum atomic E-state index is 12.7. The standard InChI is InChI=1S/C16H18N4O2S2/c1-23-9-5-14(21)19-7-3-8-20(19)16(22)13-11-24-15(18-13)12-4-2-6-17-10-12/h2,4,6,10-11H,3,5,7-9H2,1H3. The van der Waals surface area contributed by atoms with Crippen LogP contribution >= 0.6 is 23.1 Å². The molecule has 2 aromatic heterocycles. The van der Waals surface area contributed by atoms with Gasteiger partial charge in [-0.1, -0.05) is 0 Å². The van der Waals surface area contributed by atoms with E-state index in [1.54, 1.807) is 34.5 Å². The Bertz CT molecular complexity index is 720. The maximum absolute atomic E-state index is 12.7. The summed E-state index contributed by atoms with van der Waals surface area (Å²) in [4.78, 5) is 33.5. The first kappa shape index (κ1) is 16.9. The summed E-state index contributed by atoms with van der Waals surface area (Å²) in [6.07, 6.45) is 6.64. The van der Waals surface area contributed by atoms with Gasteiger partial charge in [-0.05, 0) is 24.8 Å². The third kappa shape index (κ3) is 3.59. The minimum Gasteiger partial charge on any atom is -0.273 e. The fourth-order valence-corrected chi connectivity index (χ4v) is 3.69. The zero-order valence-corrected chi connectivity index (χ0v) is 15.0. The fourth-order valence-electron chi connectivity index (χ4n) is 2.53. The molecule has 1 saturated heterocycles. The van der Waals surface area contributed by atoms with E-state index >= 15 is 0 Å². The van der Waals surface area contributed by atoms with E-state index in [-0.39, 0.29) is 11.8 Å². The topological polar surface area (TPSA) is 66.4 Å². The van der Waals surface area contributed by atoms with E-state index in [0.29, 0.717) is 25.2 Å². The van der Waals surface area contributed by atoms with Crippen LogP contribution in [0.3, 0.4) is 0 Å². The number of carbonyl (C=O) groups is 2. The Labute approximate surface area is 148 Å². The molecular weight excluding hydrogens is 344 g/mol. The van der Waals surface area contributed by atoms with E-state index in [2.05, 4.69) is 9.97 Å². The largest absolute Gasteiger partial charge is 0.291 e. The quantitative estimate of drug-likeness (QED) is 0.818. The first-order valence-electron chi connectivity index (χ1n) is 7.67. The molecule has 3 heterocycles. The molecule has 1 aliphatic heterocycles. The first-order chi connectivity index (χ1) is 11.7. The summed E-state index contributed by atoms with van der Waals surface area (Å²) in [5.41, 5.74) is 1.26. The highest BCUT2D eigenvalue weighted by molar-refractivity contribution is 7.98. The molecular formula is C16H18N4O2S2. The second-order valence-electron chi connectivity index (χ2n) is 5.32. The molecule has 0 aliphatic carbocycles. The van der Waals surface area contributed by atoms with Crippen LogP contribution in [0.5, 0.6) is 0 Å². The van der Waals surface area contributed by atoms with Gasteiger partial charge in [0.05, 0.1) is 0 Å². The van der Waals surface area contributed by atoms with Crippen LogP contribution in [0, 0.1) is 0 Å². The summed E-state index contributed by atoms with van der Waals surface area (Å²) in [5.74, 6) is 0.550. The van der Waals surface area contributed by atoms with Crippen molar-refractivity contribution in [3.8, 4) is 10.6 Å². The number of rotatable bonds is 5. The number of nitrogens with zero attached hydrogens (tertiary/aromatic N) is 4. The third-order valence-corrected chi connectivity index (χ3v) is 5.21. The molecule has 0 radical (unpaired) electrons. The molecule has 0 saturated carbocycles. The van der Waals surface area contributed by atoms with Crippen molar-refractivity contribution >= 4 is 34.9 Å². The monoisotopic (exact) mass is 362 g/mol. The Morgan fingerprint density at radius 2 is 2.17 bits per heavy atom. The number of hydrazine groups is 1. The van der Waals surface area contributed by atoms with Crippen molar-refractivity contribution < 1.29 is 9.59 Å². The summed E-state index contributed by atoms with van der Waals surface area (Å²) >= 11 is 3.04. The van der Waals surface area contributed by atoms with Crippen molar-refractivity contribution in [2.24, 2.45) is 0 Å². The van der Waals surface area contributed by atoms with Gasteiger partial charge in [-0.25, -0.2) is 9.99 Å². The SMILES string of the molecule is CSCCC(=O)N1CCCN1C(=O)c1csc(-c2cccnc2)n1. The lowest BCUT2D eigenvalue weighted by atomic mass is 10.3. The Balaban J connectivity index is 1.74. The Morgan fingerprint density at radius 3 is 2.92 bits per heavy atom. The molecule has 2 aromatic rings.